The summed E-state index contributed by atoms with van der Waals surface area (Å²) in [6.45, 7) is 2.07. The second-order valence-electron chi connectivity index (χ2n) is 5.64. The van der Waals surface area contributed by atoms with Gasteiger partial charge in [-0.05, 0) is 55.0 Å². The van der Waals surface area contributed by atoms with Gasteiger partial charge in [-0.1, -0.05) is 0 Å². The lowest BCUT2D eigenvalue weighted by Gasteiger charge is -2.10. The Bertz CT molecular complexity index is 1030. The Balaban J connectivity index is 1.75. The summed E-state index contributed by atoms with van der Waals surface area (Å²) in [4.78, 5) is 8.08. The molecule has 2 heterocycles. The summed E-state index contributed by atoms with van der Waals surface area (Å²) < 4.78 is 46.4. The van der Waals surface area contributed by atoms with Crippen molar-refractivity contribution in [2.24, 2.45) is 0 Å². The van der Waals surface area contributed by atoms with Crippen LogP contribution in [0.2, 0.25) is 0 Å². The van der Waals surface area contributed by atoms with Crippen molar-refractivity contribution < 1.29 is 17.5 Å². The normalized spacial score (nSPS) is 11.3. The Morgan fingerprint density at radius 3 is 2.56 bits per heavy atom. The molecule has 0 unspecified atom stereocenters. The third kappa shape index (κ3) is 4.66. The summed E-state index contributed by atoms with van der Waals surface area (Å²) in [7, 11) is -3.87. The van der Waals surface area contributed by atoms with Crippen molar-refractivity contribution in [3.63, 3.8) is 0 Å². The zero-order chi connectivity index (χ0) is 19.3. The molecule has 0 aliphatic carbocycles. The number of nitrogens with zero attached hydrogens (tertiary/aromatic N) is 2. The molecule has 8 heteroatoms. The Morgan fingerprint density at radius 1 is 1.07 bits per heavy atom. The molecule has 0 saturated carbocycles. The summed E-state index contributed by atoms with van der Waals surface area (Å²) in [6, 6.07) is 10.7. The monoisotopic (exact) mass is 387 g/mol. The van der Waals surface area contributed by atoms with Gasteiger partial charge in [0.15, 0.2) is 11.6 Å². The number of benzene rings is 1. The molecule has 0 amide bonds. The molecule has 27 heavy (non-hydrogen) atoms. The predicted molar refractivity (Wildman–Crippen MR) is 99.1 cm³/mol. The molecule has 3 aromatic rings. The smallest absolute Gasteiger partial charge is 0.240 e. The van der Waals surface area contributed by atoms with Crippen molar-refractivity contribution in [3.05, 3.63) is 72.4 Å². The molecule has 0 aliphatic heterocycles. The van der Waals surface area contributed by atoms with Gasteiger partial charge in [0, 0.05) is 30.7 Å². The van der Waals surface area contributed by atoms with Gasteiger partial charge in [-0.15, -0.1) is 0 Å². The molecule has 1 N–H and O–H groups in total. The van der Waals surface area contributed by atoms with E-state index in [1.807, 2.05) is 12.1 Å². The van der Waals surface area contributed by atoms with E-state index in [1.165, 1.54) is 12.1 Å². The largest absolute Gasteiger partial charge is 0.491 e. The molecule has 3 rings (SSSR count). The summed E-state index contributed by atoms with van der Waals surface area (Å²) in [5.41, 5.74) is 2.32. The van der Waals surface area contributed by atoms with E-state index in [0.717, 1.165) is 17.2 Å². The number of sulfonamides is 1. The van der Waals surface area contributed by atoms with Crippen LogP contribution in [0.15, 0.2) is 66.0 Å². The molecule has 1 aromatic carbocycles. The SMILES string of the molecule is CCOc1ccc(S(=O)(=O)NCc2ccnc(-c3ccncc3)c2)cc1F. The second-order valence-corrected chi connectivity index (χ2v) is 7.40. The number of hydrogen-bond donors (Lipinski definition) is 1. The van der Waals surface area contributed by atoms with Gasteiger partial charge in [0.2, 0.25) is 10.0 Å². The van der Waals surface area contributed by atoms with Crippen molar-refractivity contribution in [2.75, 3.05) is 6.61 Å². The van der Waals surface area contributed by atoms with E-state index in [0.29, 0.717) is 12.3 Å². The second kappa shape index (κ2) is 8.24. The van der Waals surface area contributed by atoms with Crippen LogP contribution in [0.25, 0.3) is 11.3 Å². The molecule has 0 spiro atoms. The molecular weight excluding hydrogens is 369 g/mol. The summed E-state index contributed by atoms with van der Waals surface area (Å²) >= 11 is 0. The Morgan fingerprint density at radius 2 is 1.85 bits per heavy atom. The molecule has 0 radical (unpaired) electrons. The highest BCUT2D eigenvalue weighted by atomic mass is 32.2. The maximum absolute atomic E-state index is 13.9. The minimum Gasteiger partial charge on any atom is -0.491 e. The maximum atomic E-state index is 13.9. The Labute approximate surface area is 157 Å². The van der Waals surface area contributed by atoms with Crippen LogP contribution in [0, 0.1) is 5.82 Å². The third-order valence-electron chi connectivity index (χ3n) is 3.78. The van der Waals surface area contributed by atoms with E-state index in [1.54, 1.807) is 37.6 Å². The standard InChI is InChI=1S/C19H18FN3O3S/c1-2-26-19-4-3-16(12-17(19)20)27(24,25)23-13-14-5-10-22-18(11-14)15-6-8-21-9-7-15/h3-12,23H,2,13H2,1H3. The minimum absolute atomic E-state index is 0.0209. The number of hydrogen-bond acceptors (Lipinski definition) is 5. The van der Waals surface area contributed by atoms with E-state index in [9.17, 15) is 12.8 Å². The van der Waals surface area contributed by atoms with Crippen molar-refractivity contribution in [3.8, 4) is 17.0 Å². The van der Waals surface area contributed by atoms with E-state index in [4.69, 9.17) is 4.74 Å². The fourth-order valence-electron chi connectivity index (χ4n) is 2.45. The average molecular weight is 387 g/mol. The van der Waals surface area contributed by atoms with Gasteiger partial charge < -0.3 is 4.74 Å². The van der Waals surface area contributed by atoms with E-state index in [-0.39, 0.29) is 17.2 Å². The van der Waals surface area contributed by atoms with Crippen LogP contribution >= 0.6 is 0 Å². The molecule has 0 aliphatic rings. The quantitative estimate of drug-likeness (QED) is 0.673. The summed E-state index contributed by atoms with van der Waals surface area (Å²) in [5.74, 6) is -0.698. The van der Waals surface area contributed by atoms with Crippen LogP contribution in [-0.4, -0.2) is 25.0 Å². The zero-order valence-corrected chi connectivity index (χ0v) is 15.4. The minimum atomic E-state index is -3.87. The molecule has 140 valence electrons. The van der Waals surface area contributed by atoms with Crippen LogP contribution in [-0.2, 0) is 16.6 Å². The molecule has 0 fully saturated rings. The lowest BCUT2D eigenvalue weighted by atomic mass is 10.1. The number of ether oxygens (including phenoxy) is 1. The van der Waals surface area contributed by atoms with E-state index < -0.39 is 15.8 Å². The van der Waals surface area contributed by atoms with Crippen LogP contribution in [0.3, 0.4) is 0 Å². The summed E-state index contributed by atoms with van der Waals surface area (Å²) in [6.07, 6.45) is 4.93. The number of nitrogens with one attached hydrogen (secondary N) is 1. The lowest BCUT2D eigenvalue weighted by Crippen LogP contribution is -2.23. The van der Waals surface area contributed by atoms with Crippen molar-refractivity contribution in [2.45, 2.75) is 18.4 Å². The van der Waals surface area contributed by atoms with Gasteiger partial charge in [0.1, 0.15) is 0 Å². The first-order chi connectivity index (χ1) is 13.0. The lowest BCUT2D eigenvalue weighted by molar-refractivity contribution is 0.321. The number of pyridine rings is 2. The van der Waals surface area contributed by atoms with Gasteiger partial charge in [0.25, 0.3) is 0 Å². The van der Waals surface area contributed by atoms with Crippen LogP contribution in [0.1, 0.15) is 12.5 Å². The number of rotatable bonds is 7. The highest BCUT2D eigenvalue weighted by Crippen LogP contribution is 2.21. The molecule has 0 saturated heterocycles. The third-order valence-corrected chi connectivity index (χ3v) is 5.18. The van der Waals surface area contributed by atoms with Crippen molar-refractivity contribution >= 4 is 10.0 Å². The fraction of sp³-hybridized carbons (Fsp3) is 0.158. The summed E-state index contributed by atoms with van der Waals surface area (Å²) in [5, 5.41) is 0. The highest BCUT2D eigenvalue weighted by Gasteiger charge is 2.17. The zero-order valence-electron chi connectivity index (χ0n) is 14.6. The van der Waals surface area contributed by atoms with Crippen molar-refractivity contribution in [1.82, 2.24) is 14.7 Å². The van der Waals surface area contributed by atoms with Gasteiger partial charge in [-0.25, -0.2) is 17.5 Å². The van der Waals surface area contributed by atoms with Crippen LogP contribution in [0.4, 0.5) is 4.39 Å². The van der Waals surface area contributed by atoms with Gasteiger partial charge >= 0.3 is 0 Å². The Kier molecular flexibility index (Phi) is 5.78. The van der Waals surface area contributed by atoms with Crippen molar-refractivity contribution in [1.29, 1.82) is 0 Å². The molecule has 0 atom stereocenters. The van der Waals surface area contributed by atoms with Gasteiger partial charge in [-0.3, -0.25) is 9.97 Å². The topological polar surface area (TPSA) is 81.2 Å². The average Bonchev–Trinajstić information content (AvgIpc) is 2.69. The molecule has 2 aromatic heterocycles. The van der Waals surface area contributed by atoms with Gasteiger partial charge in [-0.2, -0.15) is 0 Å². The number of halogens is 1. The fourth-order valence-corrected chi connectivity index (χ4v) is 3.48. The molecular formula is C19H18FN3O3S. The van der Waals surface area contributed by atoms with E-state index >= 15 is 0 Å². The highest BCUT2D eigenvalue weighted by molar-refractivity contribution is 7.89. The molecule has 6 nitrogen and oxygen atoms in total. The van der Waals surface area contributed by atoms with Gasteiger partial charge in [0.05, 0.1) is 17.2 Å². The number of aromatic nitrogens is 2. The first-order valence-corrected chi connectivity index (χ1v) is 9.75. The van der Waals surface area contributed by atoms with Crippen LogP contribution in [0.5, 0.6) is 5.75 Å². The first-order valence-electron chi connectivity index (χ1n) is 8.27. The van der Waals surface area contributed by atoms with Crippen LogP contribution < -0.4 is 9.46 Å². The van der Waals surface area contributed by atoms with E-state index in [2.05, 4.69) is 14.7 Å². The Hall–Kier alpha value is -2.84. The first kappa shape index (κ1) is 18.9. The maximum Gasteiger partial charge on any atom is 0.240 e. The molecule has 0 bridgehead atoms. The predicted octanol–water partition coefficient (Wildman–Crippen LogP) is 3.16.